The van der Waals surface area contributed by atoms with Crippen molar-refractivity contribution in [1.29, 1.82) is 0 Å². The molecule has 0 radical (unpaired) electrons. The molecule has 6 heteroatoms. The van der Waals surface area contributed by atoms with Gasteiger partial charge in [0.2, 0.25) is 0 Å². The summed E-state index contributed by atoms with van der Waals surface area (Å²) in [7, 11) is 0. The van der Waals surface area contributed by atoms with Crippen molar-refractivity contribution in [3.8, 4) is 0 Å². The zero-order valence-electron chi connectivity index (χ0n) is 15.3. The second-order valence-corrected chi connectivity index (χ2v) is 7.47. The molecule has 2 fully saturated rings. The highest BCUT2D eigenvalue weighted by molar-refractivity contribution is 5.94. The van der Waals surface area contributed by atoms with Gasteiger partial charge in [0.1, 0.15) is 5.82 Å². The average molecular weight is 359 g/mol. The predicted octanol–water partition coefficient (Wildman–Crippen LogP) is 3.23. The number of carboxylic acids is 1. The first kappa shape index (κ1) is 18.7. The molecule has 0 unspecified atom stereocenters. The van der Waals surface area contributed by atoms with Crippen LogP contribution in [0.15, 0.2) is 18.3 Å². The quantitative estimate of drug-likeness (QED) is 0.807. The summed E-state index contributed by atoms with van der Waals surface area (Å²) < 4.78 is 0. The third kappa shape index (κ3) is 4.74. The van der Waals surface area contributed by atoms with E-state index in [2.05, 4.69) is 15.2 Å². The van der Waals surface area contributed by atoms with Gasteiger partial charge in [-0.1, -0.05) is 32.1 Å². The van der Waals surface area contributed by atoms with Crippen LogP contribution >= 0.6 is 0 Å². The summed E-state index contributed by atoms with van der Waals surface area (Å²) in [6.07, 6.45) is 10.8. The van der Waals surface area contributed by atoms with E-state index in [1.165, 1.54) is 25.7 Å². The Hall–Kier alpha value is -2.11. The second-order valence-electron chi connectivity index (χ2n) is 7.47. The largest absolute Gasteiger partial charge is 0.481 e. The lowest BCUT2D eigenvalue weighted by Gasteiger charge is -2.23. The van der Waals surface area contributed by atoms with Gasteiger partial charge in [-0.3, -0.25) is 9.59 Å². The highest BCUT2D eigenvalue weighted by Gasteiger charge is 2.30. The Kier molecular flexibility index (Phi) is 6.47. The number of rotatable bonds is 4. The summed E-state index contributed by atoms with van der Waals surface area (Å²) in [5.41, 5.74) is 0.497. The highest BCUT2D eigenvalue weighted by atomic mass is 16.4. The fraction of sp³-hybridized carbons (Fsp3) is 0.650. The van der Waals surface area contributed by atoms with Gasteiger partial charge in [-0.05, 0) is 37.8 Å². The van der Waals surface area contributed by atoms with Crippen LogP contribution in [0.2, 0.25) is 0 Å². The van der Waals surface area contributed by atoms with Crippen molar-refractivity contribution in [3.05, 3.63) is 23.9 Å². The van der Waals surface area contributed by atoms with Crippen molar-refractivity contribution in [3.63, 3.8) is 0 Å². The molecule has 3 rings (SSSR count). The van der Waals surface area contributed by atoms with Crippen LogP contribution in [0.4, 0.5) is 5.82 Å². The molecule has 0 bridgehead atoms. The Morgan fingerprint density at radius 1 is 1.00 bits per heavy atom. The van der Waals surface area contributed by atoms with Gasteiger partial charge in [0.15, 0.2) is 0 Å². The monoisotopic (exact) mass is 359 g/mol. The molecule has 1 aliphatic heterocycles. The molecule has 1 aromatic rings. The van der Waals surface area contributed by atoms with Gasteiger partial charge in [-0.15, -0.1) is 0 Å². The number of nitrogens with one attached hydrogen (secondary N) is 1. The Morgan fingerprint density at radius 2 is 1.69 bits per heavy atom. The second kappa shape index (κ2) is 9.01. The number of nitrogens with zero attached hydrogens (tertiary/aromatic N) is 2. The number of carbonyl (C=O) groups is 2. The smallest absolute Gasteiger partial charge is 0.308 e. The molecule has 142 valence electrons. The Labute approximate surface area is 155 Å². The minimum atomic E-state index is -0.813. The number of carbonyl (C=O) groups excluding carboxylic acids is 1. The van der Waals surface area contributed by atoms with Crippen molar-refractivity contribution < 1.29 is 14.7 Å². The van der Waals surface area contributed by atoms with E-state index in [0.717, 1.165) is 44.6 Å². The molecule has 2 aliphatic rings. The molecule has 0 aromatic carbocycles. The first-order chi connectivity index (χ1) is 12.6. The molecule has 1 amide bonds. The van der Waals surface area contributed by atoms with E-state index in [4.69, 9.17) is 0 Å². The molecule has 2 N–H and O–H groups in total. The minimum absolute atomic E-state index is 0.224. The van der Waals surface area contributed by atoms with Crippen molar-refractivity contribution >= 4 is 17.7 Å². The summed E-state index contributed by atoms with van der Waals surface area (Å²) in [5.74, 6) is -0.614. The van der Waals surface area contributed by atoms with Crippen LogP contribution in [-0.4, -0.2) is 41.1 Å². The van der Waals surface area contributed by atoms with Gasteiger partial charge in [-0.25, -0.2) is 4.98 Å². The molecule has 2 atom stereocenters. The number of aliphatic carboxylic acids is 1. The first-order valence-electron chi connectivity index (χ1n) is 9.90. The number of amides is 1. The van der Waals surface area contributed by atoms with Crippen molar-refractivity contribution in [2.24, 2.45) is 5.92 Å². The lowest BCUT2D eigenvalue weighted by molar-refractivity contribution is -0.142. The molecule has 2 heterocycles. The van der Waals surface area contributed by atoms with Gasteiger partial charge in [0, 0.05) is 25.3 Å². The van der Waals surface area contributed by atoms with Crippen LogP contribution in [-0.2, 0) is 4.79 Å². The summed E-state index contributed by atoms with van der Waals surface area (Å²) in [6, 6.07) is 3.41. The van der Waals surface area contributed by atoms with Crippen LogP contribution in [0.5, 0.6) is 0 Å². The van der Waals surface area contributed by atoms with E-state index in [1.807, 2.05) is 6.07 Å². The number of pyridine rings is 1. The van der Waals surface area contributed by atoms with E-state index < -0.39 is 11.9 Å². The zero-order valence-corrected chi connectivity index (χ0v) is 15.3. The maximum Gasteiger partial charge on any atom is 0.308 e. The average Bonchev–Trinajstić information content (AvgIpc) is 3.05. The molecule has 1 aliphatic carbocycles. The fourth-order valence-corrected chi connectivity index (χ4v) is 4.03. The number of carboxylic acid groups (broad SMARTS) is 1. The topological polar surface area (TPSA) is 82.5 Å². The van der Waals surface area contributed by atoms with Gasteiger partial charge in [0.25, 0.3) is 5.91 Å². The Balaban J connectivity index is 1.64. The molecule has 1 saturated carbocycles. The number of hydrogen-bond acceptors (Lipinski definition) is 4. The van der Waals surface area contributed by atoms with Crippen molar-refractivity contribution in [2.75, 3.05) is 18.0 Å². The normalized spacial score (nSPS) is 24.4. The maximum atomic E-state index is 12.6. The van der Waals surface area contributed by atoms with E-state index in [-0.39, 0.29) is 11.9 Å². The lowest BCUT2D eigenvalue weighted by atomic mass is 9.94. The Morgan fingerprint density at radius 3 is 2.35 bits per heavy atom. The summed E-state index contributed by atoms with van der Waals surface area (Å²) in [6.45, 7) is 2.03. The molecule has 6 nitrogen and oxygen atoms in total. The van der Waals surface area contributed by atoms with Crippen molar-refractivity contribution in [1.82, 2.24) is 10.3 Å². The molecule has 26 heavy (non-hydrogen) atoms. The number of anilines is 1. The third-order valence-electron chi connectivity index (χ3n) is 5.59. The first-order valence-corrected chi connectivity index (χ1v) is 9.90. The van der Waals surface area contributed by atoms with Crippen LogP contribution in [0.1, 0.15) is 68.1 Å². The van der Waals surface area contributed by atoms with E-state index in [1.54, 1.807) is 12.3 Å². The van der Waals surface area contributed by atoms with Gasteiger partial charge < -0.3 is 15.3 Å². The van der Waals surface area contributed by atoms with E-state index >= 15 is 0 Å². The van der Waals surface area contributed by atoms with Crippen LogP contribution in [0.25, 0.3) is 0 Å². The summed E-state index contributed by atoms with van der Waals surface area (Å²) in [5, 5.41) is 12.4. The predicted molar refractivity (Wildman–Crippen MR) is 100 cm³/mol. The highest BCUT2D eigenvalue weighted by Crippen LogP contribution is 2.24. The SMILES string of the molecule is O=C(N[C@H]1CCCCC[C@H]1C(=O)O)c1ccc(N2CCCCCC2)nc1. The molecular weight excluding hydrogens is 330 g/mol. The Bertz CT molecular complexity index is 609. The zero-order chi connectivity index (χ0) is 18.4. The fourth-order valence-electron chi connectivity index (χ4n) is 4.03. The third-order valence-corrected chi connectivity index (χ3v) is 5.59. The van der Waals surface area contributed by atoms with Crippen molar-refractivity contribution in [2.45, 2.75) is 63.8 Å². The van der Waals surface area contributed by atoms with Gasteiger partial charge in [0.05, 0.1) is 11.5 Å². The number of hydrogen-bond donors (Lipinski definition) is 2. The summed E-state index contributed by atoms with van der Waals surface area (Å²) in [4.78, 5) is 30.9. The van der Waals surface area contributed by atoms with Crippen LogP contribution in [0, 0.1) is 5.92 Å². The van der Waals surface area contributed by atoms with Gasteiger partial charge in [-0.2, -0.15) is 0 Å². The maximum absolute atomic E-state index is 12.6. The van der Waals surface area contributed by atoms with Crippen LogP contribution < -0.4 is 10.2 Å². The van der Waals surface area contributed by atoms with Crippen LogP contribution in [0.3, 0.4) is 0 Å². The number of aromatic nitrogens is 1. The van der Waals surface area contributed by atoms with E-state index in [9.17, 15) is 14.7 Å². The van der Waals surface area contributed by atoms with Gasteiger partial charge >= 0.3 is 5.97 Å². The molecule has 1 aromatic heterocycles. The van der Waals surface area contributed by atoms with E-state index in [0.29, 0.717) is 12.0 Å². The lowest BCUT2D eigenvalue weighted by Crippen LogP contribution is -2.42. The minimum Gasteiger partial charge on any atom is -0.481 e. The molecule has 0 spiro atoms. The molecular formula is C20H29N3O3. The molecule has 1 saturated heterocycles. The standard InChI is InChI=1S/C20H29N3O3/c24-19(22-17-9-5-3-4-8-16(17)20(25)26)15-10-11-18(21-14-15)23-12-6-1-2-7-13-23/h10-11,14,16-17H,1-9,12-13H2,(H,22,24)(H,25,26)/t16-,17+/m1/s1. The summed E-state index contributed by atoms with van der Waals surface area (Å²) >= 11 is 0.